The average Bonchev–Trinajstić information content (AvgIpc) is 2.97. The molecule has 1 N–H and O–H groups in total. The predicted octanol–water partition coefficient (Wildman–Crippen LogP) is 0.234. The number of nitrogens with one attached hydrogen (secondary N) is 1. The first kappa shape index (κ1) is 10.6. The van der Waals surface area contributed by atoms with Crippen molar-refractivity contribution in [3.05, 3.63) is 22.7 Å². The van der Waals surface area contributed by atoms with Gasteiger partial charge in [-0.3, -0.25) is 4.79 Å². The van der Waals surface area contributed by atoms with Gasteiger partial charge < -0.3 is 14.8 Å². The number of rotatable bonds is 2. The van der Waals surface area contributed by atoms with Crippen LogP contribution in [0.2, 0.25) is 0 Å². The van der Waals surface area contributed by atoms with Gasteiger partial charge in [0.1, 0.15) is 0 Å². The highest BCUT2D eigenvalue weighted by atomic mass is 16.1. The van der Waals surface area contributed by atoms with Crippen LogP contribution in [0.3, 0.4) is 0 Å². The van der Waals surface area contributed by atoms with E-state index in [9.17, 15) is 4.79 Å². The van der Waals surface area contributed by atoms with E-state index < -0.39 is 0 Å². The van der Waals surface area contributed by atoms with Crippen LogP contribution < -0.4 is 15.8 Å². The van der Waals surface area contributed by atoms with Crippen molar-refractivity contribution in [3.63, 3.8) is 0 Å². The molecular formula is C13H18N4O. The lowest BCUT2D eigenvalue weighted by atomic mass is 10.0. The van der Waals surface area contributed by atoms with Crippen molar-refractivity contribution in [2.45, 2.75) is 18.9 Å². The Morgan fingerprint density at radius 1 is 1.22 bits per heavy atom. The first-order valence-corrected chi connectivity index (χ1v) is 6.86. The highest BCUT2D eigenvalue weighted by Crippen LogP contribution is 2.34. The Kier molecular flexibility index (Phi) is 2.24. The van der Waals surface area contributed by atoms with Gasteiger partial charge in [-0.1, -0.05) is 0 Å². The summed E-state index contributed by atoms with van der Waals surface area (Å²) in [5.74, 6) is 2.06. The Morgan fingerprint density at radius 3 is 2.61 bits per heavy atom. The van der Waals surface area contributed by atoms with E-state index in [1.54, 1.807) is 6.20 Å². The molecule has 3 heterocycles. The van der Waals surface area contributed by atoms with E-state index in [-0.39, 0.29) is 5.56 Å². The molecule has 5 heteroatoms. The van der Waals surface area contributed by atoms with E-state index in [1.807, 2.05) is 10.8 Å². The van der Waals surface area contributed by atoms with Gasteiger partial charge in [0.2, 0.25) is 0 Å². The molecule has 0 bridgehead atoms. The standard InChI is InChI=1S/C13H18N4O/c18-13-12(15-3-4-17(13)11-1-2-11)16-7-9-5-14-6-10(9)8-16/h3-4,9-11,14H,1-2,5-8H2. The van der Waals surface area contributed by atoms with Crippen LogP contribution in [-0.4, -0.2) is 35.7 Å². The molecule has 1 saturated carbocycles. The van der Waals surface area contributed by atoms with Gasteiger partial charge in [-0.25, -0.2) is 4.98 Å². The maximum Gasteiger partial charge on any atom is 0.293 e. The van der Waals surface area contributed by atoms with Gasteiger partial charge in [-0.05, 0) is 24.7 Å². The van der Waals surface area contributed by atoms with E-state index in [0.717, 1.165) is 39.0 Å². The number of anilines is 1. The van der Waals surface area contributed by atoms with Gasteiger partial charge >= 0.3 is 0 Å². The molecule has 96 valence electrons. The SMILES string of the molecule is O=c1c(N2CC3CNCC3C2)nccn1C1CC1. The second-order valence-electron chi connectivity index (χ2n) is 5.78. The lowest BCUT2D eigenvalue weighted by Gasteiger charge is -2.18. The molecule has 2 saturated heterocycles. The summed E-state index contributed by atoms with van der Waals surface area (Å²) in [6, 6.07) is 0.433. The molecular weight excluding hydrogens is 228 g/mol. The molecule has 2 aliphatic heterocycles. The molecule has 1 aromatic rings. The third kappa shape index (κ3) is 1.57. The van der Waals surface area contributed by atoms with Gasteiger partial charge in [-0.2, -0.15) is 0 Å². The van der Waals surface area contributed by atoms with Gasteiger partial charge in [-0.15, -0.1) is 0 Å². The average molecular weight is 246 g/mol. The van der Waals surface area contributed by atoms with Crippen LogP contribution in [-0.2, 0) is 0 Å². The second-order valence-corrected chi connectivity index (χ2v) is 5.78. The molecule has 0 radical (unpaired) electrons. The molecule has 18 heavy (non-hydrogen) atoms. The summed E-state index contributed by atoms with van der Waals surface area (Å²) in [5, 5.41) is 3.42. The van der Waals surface area contributed by atoms with E-state index in [2.05, 4.69) is 15.2 Å². The van der Waals surface area contributed by atoms with E-state index in [1.165, 1.54) is 0 Å². The number of aromatic nitrogens is 2. The summed E-state index contributed by atoms with van der Waals surface area (Å²) >= 11 is 0. The Morgan fingerprint density at radius 2 is 1.94 bits per heavy atom. The molecule has 2 unspecified atom stereocenters. The molecule has 1 aliphatic carbocycles. The van der Waals surface area contributed by atoms with Crippen LogP contribution in [0.1, 0.15) is 18.9 Å². The lowest BCUT2D eigenvalue weighted by molar-refractivity contribution is 0.533. The smallest absolute Gasteiger partial charge is 0.293 e. The van der Waals surface area contributed by atoms with E-state index in [4.69, 9.17) is 0 Å². The fraction of sp³-hybridized carbons (Fsp3) is 0.692. The first-order valence-electron chi connectivity index (χ1n) is 6.86. The molecule has 0 amide bonds. The van der Waals surface area contributed by atoms with Gasteiger partial charge in [0.15, 0.2) is 5.82 Å². The van der Waals surface area contributed by atoms with Gasteiger partial charge in [0, 0.05) is 44.6 Å². The predicted molar refractivity (Wildman–Crippen MR) is 68.8 cm³/mol. The third-order valence-electron chi connectivity index (χ3n) is 4.48. The van der Waals surface area contributed by atoms with Crippen molar-refractivity contribution in [2.75, 3.05) is 31.1 Å². The minimum Gasteiger partial charge on any atom is -0.351 e. The number of hydrogen-bond donors (Lipinski definition) is 1. The molecule has 2 atom stereocenters. The summed E-state index contributed by atoms with van der Waals surface area (Å²) in [7, 11) is 0. The van der Waals surface area contributed by atoms with Crippen molar-refractivity contribution in [1.29, 1.82) is 0 Å². The second kappa shape index (κ2) is 3.82. The van der Waals surface area contributed by atoms with Crippen molar-refractivity contribution in [2.24, 2.45) is 11.8 Å². The summed E-state index contributed by atoms with van der Waals surface area (Å²) in [5.41, 5.74) is 0.105. The number of nitrogens with zero attached hydrogens (tertiary/aromatic N) is 3. The lowest BCUT2D eigenvalue weighted by Crippen LogP contribution is -2.33. The van der Waals surface area contributed by atoms with Crippen LogP contribution >= 0.6 is 0 Å². The summed E-state index contributed by atoms with van der Waals surface area (Å²) in [6.45, 7) is 4.14. The zero-order chi connectivity index (χ0) is 12.1. The summed E-state index contributed by atoms with van der Waals surface area (Å²) in [4.78, 5) is 18.9. The van der Waals surface area contributed by atoms with E-state index >= 15 is 0 Å². The van der Waals surface area contributed by atoms with Crippen molar-refractivity contribution < 1.29 is 0 Å². The minimum absolute atomic E-state index is 0.105. The van der Waals surface area contributed by atoms with Crippen LogP contribution in [0.15, 0.2) is 17.2 Å². The van der Waals surface area contributed by atoms with Crippen LogP contribution in [0.5, 0.6) is 0 Å². The molecule has 0 spiro atoms. The molecule has 1 aromatic heterocycles. The van der Waals surface area contributed by atoms with Crippen LogP contribution in [0.25, 0.3) is 0 Å². The fourth-order valence-electron chi connectivity index (χ4n) is 3.30. The van der Waals surface area contributed by atoms with Gasteiger partial charge in [0.05, 0.1) is 0 Å². The maximum atomic E-state index is 12.4. The molecule has 3 fully saturated rings. The van der Waals surface area contributed by atoms with Crippen LogP contribution in [0.4, 0.5) is 5.82 Å². The Bertz CT molecular complexity index is 510. The zero-order valence-corrected chi connectivity index (χ0v) is 10.4. The largest absolute Gasteiger partial charge is 0.351 e. The minimum atomic E-state index is 0.105. The molecule has 5 nitrogen and oxygen atoms in total. The molecule has 3 aliphatic rings. The summed E-state index contributed by atoms with van der Waals surface area (Å²) in [6.07, 6.45) is 5.89. The molecule has 4 rings (SSSR count). The highest BCUT2D eigenvalue weighted by molar-refractivity contribution is 5.38. The highest BCUT2D eigenvalue weighted by Gasteiger charge is 2.38. The number of fused-ring (bicyclic) bond motifs is 1. The first-order chi connectivity index (χ1) is 8.83. The molecule has 0 aromatic carbocycles. The van der Waals surface area contributed by atoms with Crippen molar-refractivity contribution in [1.82, 2.24) is 14.9 Å². The third-order valence-corrected chi connectivity index (χ3v) is 4.48. The Hall–Kier alpha value is -1.36. The topological polar surface area (TPSA) is 50.2 Å². The van der Waals surface area contributed by atoms with Crippen molar-refractivity contribution in [3.8, 4) is 0 Å². The maximum absolute atomic E-state index is 12.4. The monoisotopic (exact) mass is 246 g/mol. The van der Waals surface area contributed by atoms with Crippen molar-refractivity contribution >= 4 is 5.82 Å². The number of hydrogen-bond acceptors (Lipinski definition) is 4. The van der Waals surface area contributed by atoms with Crippen LogP contribution in [0, 0.1) is 11.8 Å². The Labute approximate surface area is 106 Å². The summed E-state index contributed by atoms with van der Waals surface area (Å²) < 4.78 is 1.87. The van der Waals surface area contributed by atoms with E-state index in [0.29, 0.717) is 23.7 Å². The Balaban J connectivity index is 1.65. The quantitative estimate of drug-likeness (QED) is 0.812. The normalized spacial score (nSPS) is 30.8. The van der Waals surface area contributed by atoms with Gasteiger partial charge in [0.25, 0.3) is 5.56 Å². The fourth-order valence-corrected chi connectivity index (χ4v) is 3.30. The zero-order valence-electron chi connectivity index (χ0n) is 10.4.